The normalized spacial score (nSPS) is 12.2. The highest BCUT2D eigenvalue weighted by Gasteiger charge is 2.07. The average Bonchev–Trinajstić information content (AvgIpc) is 2.10. The van der Waals surface area contributed by atoms with Crippen LogP contribution in [0.5, 0.6) is 5.75 Å². The van der Waals surface area contributed by atoms with Crippen LogP contribution in [0.4, 0.5) is 4.39 Å². The average molecular weight is 259 g/mol. The summed E-state index contributed by atoms with van der Waals surface area (Å²) in [6.45, 7) is 5.48. The molecule has 1 rings (SSSR count). The summed E-state index contributed by atoms with van der Waals surface area (Å²) in [4.78, 5) is 0. The van der Waals surface area contributed by atoms with Gasteiger partial charge in [-0.25, -0.2) is 4.39 Å². The molecule has 0 spiro atoms. The van der Waals surface area contributed by atoms with Crippen LogP contribution in [-0.2, 0) is 0 Å². The molecular formula is C11H12BrFO. The van der Waals surface area contributed by atoms with Crippen molar-refractivity contribution in [2.75, 3.05) is 0 Å². The largest absolute Gasteiger partial charge is 0.487 e. The summed E-state index contributed by atoms with van der Waals surface area (Å²) in [5, 5.41) is 0. The van der Waals surface area contributed by atoms with Crippen molar-refractivity contribution in [3.63, 3.8) is 0 Å². The van der Waals surface area contributed by atoms with Crippen LogP contribution in [-0.4, -0.2) is 6.10 Å². The molecule has 1 aromatic rings. The second-order valence-electron chi connectivity index (χ2n) is 3.03. The lowest BCUT2D eigenvalue weighted by molar-refractivity contribution is 0.215. The Hall–Kier alpha value is -0.830. The van der Waals surface area contributed by atoms with Crippen molar-refractivity contribution in [1.29, 1.82) is 0 Å². The molecule has 0 aromatic heterocycles. The number of ether oxygens (including phenoxy) is 1. The highest BCUT2D eigenvalue weighted by Crippen LogP contribution is 2.22. The maximum atomic E-state index is 13.3. The Morgan fingerprint density at radius 1 is 1.64 bits per heavy atom. The van der Waals surface area contributed by atoms with Gasteiger partial charge < -0.3 is 4.74 Å². The first-order valence-corrected chi connectivity index (χ1v) is 5.15. The van der Waals surface area contributed by atoms with Crippen LogP contribution in [0.2, 0.25) is 0 Å². The third-order valence-corrected chi connectivity index (χ3v) is 2.21. The lowest BCUT2D eigenvalue weighted by atomic mass is 10.2. The summed E-state index contributed by atoms with van der Waals surface area (Å²) >= 11 is 3.18. The molecule has 0 radical (unpaired) electrons. The first-order chi connectivity index (χ1) is 6.63. The number of hydrogen-bond acceptors (Lipinski definition) is 1. The van der Waals surface area contributed by atoms with Crippen LogP contribution in [0.1, 0.15) is 13.3 Å². The number of halogens is 2. The van der Waals surface area contributed by atoms with Gasteiger partial charge in [-0.15, -0.1) is 6.58 Å². The highest BCUT2D eigenvalue weighted by atomic mass is 79.9. The smallest absolute Gasteiger partial charge is 0.166 e. The number of hydrogen-bond donors (Lipinski definition) is 0. The van der Waals surface area contributed by atoms with Gasteiger partial charge in [-0.1, -0.05) is 22.0 Å². The molecule has 0 aliphatic rings. The van der Waals surface area contributed by atoms with E-state index >= 15 is 0 Å². The number of benzene rings is 1. The minimum absolute atomic E-state index is 0.0526. The zero-order valence-corrected chi connectivity index (χ0v) is 9.55. The van der Waals surface area contributed by atoms with E-state index in [-0.39, 0.29) is 17.7 Å². The van der Waals surface area contributed by atoms with Crippen LogP contribution >= 0.6 is 15.9 Å². The second kappa shape index (κ2) is 5.15. The molecule has 0 aliphatic carbocycles. The fraction of sp³-hybridized carbons (Fsp3) is 0.273. The predicted molar refractivity (Wildman–Crippen MR) is 59.0 cm³/mol. The zero-order chi connectivity index (χ0) is 10.6. The zero-order valence-electron chi connectivity index (χ0n) is 7.97. The number of rotatable bonds is 4. The summed E-state index contributed by atoms with van der Waals surface area (Å²) in [7, 11) is 0. The first-order valence-electron chi connectivity index (χ1n) is 4.36. The maximum Gasteiger partial charge on any atom is 0.166 e. The molecule has 0 amide bonds. The molecule has 1 atom stereocenters. The summed E-state index contributed by atoms with van der Waals surface area (Å²) in [5.41, 5.74) is 0. The Morgan fingerprint density at radius 3 is 2.93 bits per heavy atom. The monoisotopic (exact) mass is 258 g/mol. The lowest BCUT2D eigenvalue weighted by Crippen LogP contribution is -2.11. The van der Waals surface area contributed by atoms with Gasteiger partial charge in [-0.2, -0.15) is 0 Å². The fourth-order valence-electron chi connectivity index (χ4n) is 1.07. The van der Waals surface area contributed by atoms with Crippen LogP contribution in [0, 0.1) is 5.82 Å². The van der Waals surface area contributed by atoms with E-state index in [1.807, 2.05) is 6.92 Å². The van der Waals surface area contributed by atoms with Crippen molar-refractivity contribution in [3.8, 4) is 5.75 Å². The van der Waals surface area contributed by atoms with Crippen molar-refractivity contribution < 1.29 is 9.13 Å². The highest BCUT2D eigenvalue weighted by molar-refractivity contribution is 9.10. The molecule has 0 bridgehead atoms. The molecule has 1 aromatic carbocycles. The van der Waals surface area contributed by atoms with E-state index in [9.17, 15) is 4.39 Å². The third kappa shape index (κ3) is 3.14. The molecule has 0 saturated heterocycles. The van der Waals surface area contributed by atoms with E-state index in [0.717, 1.165) is 0 Å². The van der Waals surface area contributed by atoms with Crippen molar-refractivity contribution in [1.82, 2.24) is 0 Å². The topological polar surface area (TPSA) is 9.23 Å². The van der Waals surface area contributed by atoms with E-state index in [1.54, 1.807) is 18.2 Å². The van der Waals surface area contributed by atoms with E-state index < -0.39 is 0 Å². The second-order valence-corrected chi connectivity index (χ2v) is 3.94. The standard InChI is InChI=1S/C11H12BrFO/c1-3-4-8(2)14-11-6-5-9(12)7-10(11)13/h3,5-8H,1,4H2,2H3. The van der Waals surface area contributed by atoms with E-state index in [1.165, 1.54) is 6.07 Å². The molecule has 14 heavy (non-hydrogen) atoms. The molecule has 0 saturated carbocycles. The van der Waals surface area contributed by atoms with E-state index in [2.05, 4.69) is 22.5 Å². The predicted octanol–water partition coefficient (Wildman–Crippen LogP) is 3.93. The van der Waals surface area contributed by atoms with E-state index in [4.69, 9.17) is 4.74 Å². The summed E-state index contributed by atoms with van der Waals surface area (Å²) in [5.74, 6) is -0.0714. The Balaban J connectivity index is 2.71. The Morgan fingerprint density at radius 2 is 2.36 bits per heavy atom. The summed E-state index contributed by atoms with van der Waals surface area (Å²) < 4.78 is 19.4. The van der Waals surface area contributed by atoms with Gasteiger partial charge in [0.1, 0.15) is 0 Å². The Kier molecular flexibility index (Phi) is 4.14. The van der Waals surface area contributed by atoms with Gasteiger partial charge in [-0.3, -0.25) is 0 Å². The molecule has 0 N–H and O–H groups in total. The molecule has 0 fully saturated rings. The van der Waals surface area contributed by atoms with Crippen LogP contribution in [0.15, 0.2) is 35.3 Å². The minimum atomic E-state index is -0.352. The van der Waals surface area contributed by atoms with Gasteiger partial charge in [0.05, 0.1) is 6.10 Å². The maximum absolute atomic E-state index is 13.3. The van der Waals surface area contributed by atoms with Crippen molar-refractivity contribution >= 4 is 15.9 Å². The van der Waals surface area contributed by atoms with Crippen molar-refractivity contribution in [2.24, 2.45) is 0 Å². The van der Waals surface area contributed by atoms with Gasteiger partial charge in [-0.05, 0) is 25.1 Å². The van der Waals surface area contributed by atoms with Crippen LogP contribution < -0.4 is 4.74 Å². The van der Waals surface area contributed by atoms with Gasteiger partial charge in [0, 0.05) is 10.9 Å². The lowest BCUT2D eigenvalue weighted by Gasteiger charge is -2.13. The van der Waals surface area contributed by atoms with Gasteiger partial charge in [0.15, 0.2) is 11.6 Å². The fourth-order valence-corrected chi connectivity index (χ4v) is 1.40. The molecule has 1 nitrogen and oxygen atoms in total. The summed E-state index contributed by atoms with van der Waals surface area (Å²) in [6.07, 6.45) is 2.40. The molecule has 0 heterocycles. The molecule has 0 aliphatic heterocycles. The van der Waals surface area contributed by atoms with Gasteiger partial charge in [0.2, 0.25) is 0 Å². The molecule has 76 valence electrons. The van der Waals surface area contributed by atoms with Crippen molar-refractivity contribution in [2.45, 2.75) is 19.4 Å². The van der Waals surface area contributed by atoms with Crippen LogP contribution in [0.25, 0.3) is 0 Å². The SMILES string of the molecule is C=CCC(C)Oc1ccc(Br)cc1F. The Labute approximate surface area is 91.7 Å². The van der Waals surface area contributed by atoms with Gasteiger partial charge in [0.25, 0.3) is 0 Å². The van der Waals surface area contributed by atoms with Crippen molar-refractivity contribution in [3.05, 3.63) is 41.1 Å². The minimum Gasteiger partial charge on any atom is -0.487 e. The third-order valence-electron chi connectivity index (χ3n) is 1.72. The molecular weight excluding hydrogens is 247 g/mol. The first kappa shape index (κ1) is 11.2. The quantitative estimate of drug-likeness (QED) is 0.744. The molecule has 3 heteroatoms. The van der Waals surface area contributed by atoms with Gasteiger partial charge >= 0.3 is 0 Å². The van der Waals surface area contributed by atoms with E-state index in [0.29, 0.717) is 10.9 Å². The van der Waals surface area contributed by atoms with Crippen LogP contribution in [0.3, 0.4) is 0 Å². The molecule has 1 unspecified atom stereocenters. The summed E-state index contributed by atoms with van der Waals surface area (Å²) in [6, 6.07) is 4.74. The Bertz CT molecular complexity index is 325.